The Morgan fingerprint density at radius 3 is 2.33 bits per heavy atom. The van der Waals surface area contributed by atoms with Gasteiger partial charge in [-0.15, -0.1) is 0 Å². The van der Waals surface area contributed by atoms with Crippen LogP contribution < -0.4 is 11.1 Å². The van der Waals surface area contributed by atoms with Crippen molar-refractivity contribution in [3.8, 4) is 0 Å². The van der Waals surface area contributed by atoms with Gasteiger partial charge in [0.1, 0.15) is 0 Å². The van der Waals surface area contributed by atoms with Crippen LogP contribution in [0.2, 0.25) is 0 Å². The van der Waals surface area contributed by atoms with E-state index in [-0.39, 0.29) is 0 Å². The highest BCUT2D eigenvalue weighted by molar-refractivity contribution is 5.78. The lowest BCUT2D eigenvalue weighted by Gasteiger charge is -2.31. The Morgan fingerprint density at radius 2 is 1.67 bits per heavy atom. The Hall–Kier alpha value is -0.770. The zero-order valence-electron chi connectivity index (χ0n) is 13.8. The molecule has 0 aromatic carbocycles. The minimum absolute atomic E-state index is 0.562. The summed E-state index contributed by atoms with van der Waals surface area (Å²) in [6.07, 6.45) is 14.7. The van der Waals surface area contributed by atoms with E-state index in [2.05, 4.69) is 22.3 Å². The quantitative estimate of drug-likeness (QED) is 0.450. The van der Waals surface area contributed by atoms with Crippen LogP contribution in [0.5, 0.6) is 0 Å². The minimum Gasteiger partial charge on any atom is -0.370 e. The van der Waals surface area contributed by atoms with Gasteiger partial charge in [-0.05, 0) is 45.7 Å². The number of rotatable bonds is 6. The molecule has 0 spiro atoms. The minimum atomic E-state index is 0.562. The second-order valence-corrected chi connectivity index (χ2v) is 6.87. The molecule has 2 rings (SSSR count). The van der Waals surface area contributed by atoms with Crippen molar-refractivity contribution >= 4 is 5.96 Å². The third kappa shape index (κ3) is 6.25. The lowest BCUT2D eigenvalue weighted by atomic mass is 9.94. The summed E-state index contributed by atoms with van der Waals surface area (Å²) in [7, 11) is 2.27. The number of aliphatic imine (C=N–C) groups is 1. The molecule has 2 saturated carbocycles. The zero-order chi connectivity index (χ0) is 14.9. The van der Waals surface area contributed by atoms with Crippen LogP contribution in [0.3, 0.4) is 0 Å². The monoisotopic (exact) mass is 294 g/mol. The van der Waals surface area contributed by atoms with E-state index in [1.54, 1.807) is 0 Å². The number of nitrogens with one attached hydrogen (secondary N) is 1. The van der Waals surface area contributed by atoms with Crippen molar-refractivity contribution < 1.29 is 0 Å². The summed E-state index contributed by atoms with van der Waals surface area (Å²) in [5, 5.41) is 3.38. The number of guanidine groups is 1. The Balaban J connectivity index is 1.57. The summed E-state index contributed by atoms with van der Waals surface area (Å²) >= 11 is 0. The van der Waals surface area contributed by atoms with Crippen molar-refractivity contribution in [1.29, 1.82) is 0 Å². The largest absolute Gasteiger partial charge is 0.370 e. The van der Waals surface area contributed by atoms with Gasteiger partial charge in [0.2, 0.25) is 0 Å². The van der Waals surface area contributed by atoms with Gasteiger partial charge in [0.05, 0.1) is 0 Å². The van der Waals surface area contributed by atoms with E-state index in [0.717, 1.165) is 25.6 Å². The lowest BCUT2D eigenvalue weighted by molar-refractivity contribution is 0.191. The molecule has 4 nitrogen and oxygen atoms in total. The lowest BCUT2D eigenvalue weighted by Crippen LogP contribution is -2.41. The van der Waals surface area contributed by atoms with Gasteiger partial charge >= 0.3 is 0 Å². The first-order valence-corrected chi connectivity index (χ1v) is 9.02. The average molecular weight is 294 g/mol. The molecular weight excluding hydrogens is 260 g/mol. The normalized spacial score (nSPS) is 22.7. The third-order valence-corrected chi connectivity index (χ3v) is 5.11. The molecule has 0 radical (unpaired) electrons. The molecule has 0 unspecified atom stereocenters. The van der Waals surface area contributed by atoms with E-state index in [4.69, 9.17) is 5.73 Å². The molecule has 0 heterocycles. The van der Waals surface area contributed by atoms with Gasteiger partial charge in [-0.1, -0.05) is 38.5 Å². The summed E-state index contributed by atoms with van der Waals surface area (Å²) in [5.41, 5.74) is 5.99. The van der Waals surface area contributed by atoms with Crippen LogP contribution in [0.1, 0.15) is 70.6 Å². The predicted molar refractivity (Wildman–Crippen MR) is 90.6 cm³/mol. The highest BCUT2D eigenvalue weighted by Gasteiger charge is 2.17. The molecule has 0 amide bonds. The highest BCUT2D eigenvalue weighted by atomic mass is 15.1. The highest BCUT2D eigenvalue weighted by Crippen LogP contribution is 2.21. The van der Waals surface area contributed by atoms with Crippen molar-refractivity contribution in [2.24, 2.45) is 10.7 Å². The fraction of sp³-hybridized carbons (Fsp3) is 0.941. The molecular formula is C17H34N4. The first kappa shape index (κ1) is 16.6. The zero-order valence-corrected chi connectivity index (χ0v) is 13.8. The van der Waals surface area contributed by atoms with Crippen LogP contribution in [0.15, 0.2) is 4.99 Å². The van der Waals surface area contributed by atoms with Crippen molar-refractivity contribution in [2.75, 3.05) is 20.1 Å². The van der Waals surface area contributed by atoms with Crippen LogP contribution in [-0.4, -0.2) is 43.1 Å². The van der Waals surface area contributed by atoms with Crippen LogP contribution in [0, 0.1) is 0 Å². The van der Waals surface area contributed by atoms with Gasteiger partial charge in [0.15, 0.2) is 5.96 Å². The number of hydrogen-bond donors (Lipinski definition) is 2. The van der Waals surface area contributed by atoms with Crippen LogP contribution >= 0.6 is 0 Å². The van der Waals surface area contributed by atoms with E-state index in [1.165, 1.54) is 64.2 Å². The molecule has 2 fully saturated rings. The van der Waals surface area contributed by atoms with Gasteiger partial charge in [-0.3, -0.25) is 4.99 Å². The fourth-order valence-corrected chi connectivity index (χ4v) is 3.73. The second kappa shape index (κ2) is 9.29. The van der Waals surface area contributed by atoms with E-state index in [1.807, 2.05) is 0 Å². The smallest absolute Gasteiger partial charge is 0.188 e. The molecule has 0 bridgehead atoms. The third-order valence-electron chi connectivity index (χ3n) is 5.11. The summed E-state index contributed by atoms with van der Waals surface area (Å²) in [6, 6.07) is 1.37. The fourth-order valence-electron chi connectivity index (χ4n) is 3.73. The van der Waals surface area contributed by atoms with Crippen molar-refractivity contribution in [2.45, 2.75) is 82.7 Å². The van der Waals surface area contributed by atoms with Gasteiger partial charge in [0, 0.05) is 18.6 Å². The van der Waals surface area contributed by atoms with Crippen molar-refractivity contribution in [3.05, 3.63) is 0 Å². The van der Waals surface area contributed by atoms with Crippen LogP contribution in [0.4, 0.5) is 0 Å². The maximum Gasteiger partial charge on any atom is 0.188 e. The van der Waals surface area contributed by atoms with Gasteiger partial charge in [-0.25, -0.2) is 0 Å². The van der Waals surface area contributed by atoms with Gasteiger partial charge in [-0.2, -0.15) is 0 Å². The van der Waals surface area contributed by atoms with Crippen molar-refractivity contribution in [1.82, 2.24) is 10.2 Å². The molecule has 4 heteroatoms. The summed E-state index contributed by atoms with van der Waals surface area (Å²) in [6.45, 7) is 1.99. The molecule has 122 valence electrons. The van der Waals surface area contributed by atoms with Crippen molar-refractivity contribution in [3.63, 3.8) is 0 Å². The molecule has 0 saturated heterocycles. The number of hydrogen-bond acceptors (Lipinski definition) is 2. The Labute approximate surface area is 130 Å². The number of nitrogens with zero attached hydrogens (tertiary/aromatic N) is 2. The summed E-state index contributed by atoms with van der Waals surface area (Å²) in [5.74, 6) is 0.655. The van der Waals surface area contributed by atoms with Crippen LogP contribution in [-0.2, 0) is 0 Å². The Bertz CT molecular complexity index is 304. The predicted octanol–water partition coefficient (Wildman–Crippen LogP) is 2.88. The molecule has 0 atom stereocenters. The Kier molecular flexibility index (Phi) is 7.34. The summed E-state index contributed by atoms with van der Waals surface area (Å²) in [4.78, 5) is 7.02. The van der Waals surface area contributed by atoms with Gasteiger partial charge in [0.25, 0.3) is 0 Å². The SMILES string of the molecule is CN(CCCN=C(N)NC1CCCCC1)C1CCCCC1. The van der Waals surface area contributed by atoms with Gasteiger partial charge < -0.3 is 16.0 Å². The standard InChI is InChI=1S/C17H34N4/c1-21(16-11-6-3-7-12-16)14-8-13-19-17(18)20-15-9-4-2-5-10-15/h15-16H,2-14H2,1H3,(H3,18,19,20). The first-order chi connectivity index (χ1) is 10.3. The topological polar surface area (TPSA) is 53.6 Å². The first-order valence-electron chi connectivity index (χ1n) is 9.02. The average Bonchev–Trinajstić information content (AvgIpc) is 2.53. The molecule has 2 aliphatic carbocycles. The van der Waals surface area contributed by atoms with E-state index >= 15 is 0 Å². The maximum absolute atomic E-state index is 5.99. The van der Waals surface area contributed by atoms with Crippen LogP contribution in [0.25, 0.3) is 0 Å². The molecule has 3 N–H and O–H groups in total. The molecule has 21 heavy (non-hydrogen) atoms. The van der Waals surface area contributed by atoms with E-state index < -0.39 is 0 Å². The van der Waals surface area contributed by atoms with E-state index in [9.17, 15) is 0 Å². The molecule has 0 aliphatic heterocycles. The molecule has 0 aromatic heterocycles. The molecule has 0 aromatic rings. The number of nitrogens with two attached hydrogens (primary N) is 1. The summed E-state index contributed by atoms with van der Waals surface area (Å²) < 4.78 is 0. The second-order valence-electron chi connectivity index (χ2n) is 6.87. The maximum atomic E-state index is 5.99. The Morgan fingerprint density at radius 1 is 1.05 bits per heavy atom. The molecule has 2 aliphatic rings. The van der Waals surface area contributed by atoms with E-state index in [0.29, 0.717) is 12.0 Å².